The summed E-state index contributed by atoms with van der Waals surface area (Å²) in [6.07, 6.45) is 0. The highest BCUT2D eigenvalue weighted by Gasteiger charge is 1.86. The van der Waals surface area contributed by atoms with Crippen molar-refractivity contribution in [2.45, 2.75) is 12.9 Å². The van der Waals surface area contributed by atoms with Gasteiger partial charge in [0.15, 0.2) is 0 Å². The Labute approximate surface area is 32.2 Å². The molecule has 3 N–H and O–H groups in total. The molecule has 0 aliphatic rings. The van der Waals surface area contributed by atoms with E-state index in [1.54, 1.807) is 6.92 Å². The zero-order chi connectivity index (χ0) is 4.28. The summed E-state index contributed by atoms with van der Waals surface area (Å²) in [5, 5.41) is 8.18. The molecule has 0 rings (SSSR count). The lowest BCUT2D eigenvalue weighted by molar-refractivity contribution is 0.272. The summed E-state index contributed by atoms with van der Waals surface area (Å²) in [6, 6.07) is -0.463. The summed E-state index contributed by atoms with van der Waals surface area (Å²) in [6.45, 7) is 1.60. The Morgan fingerprint density at radius 2 is 2.20 bits per heavy atom. The Kier molecular flexibility index (Phi) is 2.23. The van der Waals surface area contributed by atoms with E-state index in [1.165, 1.54) is 7.41 Å². The second-order valence-electron chi connectivity index (χ2n) is 0.933. The van der Waals surface area contributed by atoms with Gasteiger partial charge in [0.05, 0.1) is 0 Å². The molecule has 5 heavy (non-hydrogen) atoms. The highest BCUT2D eigenvalue weighted by molar-refractivity contribution is 6.32. The van der Waals surface area contributed by atoms with Crippen molar-refractivity contribution < 1.29 is 5.11 Å². The molecule has 0 heterocycles. The number of aliphatic hydroxyl groups excluding tert-OH is 1. The van der Waals surface area contributed by atoms with Gasteiger partial charge in [0.2, 0.25) is 7.41 Å². The molecule has 29 valence electrons. The maximum Gasteiger partial charge on any atom is 0.237 e. The molecule has 1 radical (unpaired) electrons. The Balaban J connectivity index is 2.54. The second kappa shape index (κ2) is 2.24. The molecular formula is C2H7BNO. The second-order valence-corrected chi connectivity index (χ2v) is 0.933. The van der Waals surface area contributed by atoms with Gasteiger partial charge >= 0.3 is 0 Å². The van der Waals surface area contributed by atoms with Crippen molar-refractivity contribution in [3.05, 3.63) is 0 Å². The minimum absolute atomic E-state index is 0.463. The van der Waals surface area contributed by atoms with Gasteiger partial charge in [-0.25, -0.2) is 0 Å². The lowest BCUT2D eigenvalue weighted by Crippen LogP contribution is -2.19. The minimum atomic E-state index is -0.463. The van der Waals surface area contributed by atoms with E-state index >= 15 is 0 Å². The van der Waals surface area contributed by atoms with Gasteiger partial charge in [-0.2, -0.15) is 0 Å². The normalized spacial score (nSPS) is 14.2. The third kappa shape index (κ3) is 3.98. The van der Waals surface area contributed by atoms with E-state index in [-0.39, 0.29) is 0 Å². The lowest BCUT2D eigenvalue weighted by Gasteiger charge is -1.88. The van der Waals surface area contributed by atoms with Gasteiger partial charge in [-0.05, 0) is 6.92 Å². The molecular weight excluding hydrogens is 64.8 g/mol. The van der Waals surface area contributed by atoms with E-state index in [9.17, 15) is 0 Å². The van der Waals surface area contributed by atoms with Crippen LogP contribution in [0.4, 0.5) is 0 Å². The van der Waals surface area contributed by atoms with Gasteiger partial charge < -0.3 is 10.8 Å². The first-order chi connectivity index (χ1) is 2.27. The van der Waals surface area contributed by atoms with Crippen LogP contribution in [0, 0.1) is 0 Å². The Morgan fingerprint density at radius 1 is 2.00 bits per heavy atom. The van der Waals surface area contributed by atoms with E-state index in [2.05, 4.69) is 0 Å². The van der Waals surface area contributed by atoms with Crippen LogP contribution < -0.4 is 5.64 Å². The van der Waals surface area contributed by atoms with Crippen molar-refractivity contribution in [1.82, 2.24) is 0 Å². The van der Waals surface area contributed by atoms with E-state index in [4.69, 9.17) is 10.8 Å². The van der Waals surface area contributed by atoms with E-state index in [1.807, 2.05) is 0 Å². The molecule has 0 aliphatic carbocycles. The first-order valence-electron chi connectivity index (χ1n) is 1.50. The Morgan fingerprint density at radius 3 is 2.20 bits per heavy atom. The Bertz CT molecular complexity index is 23.6. The summed E-state index contributed by atoms with van der Waals surface area (Å²) in [7, 11) is 1.22. The van der Waals surface area contributed by atoms with E-state index in [0.717, 1.165) is 0 Å². The minimum Gasteiger partial charge on any atom is -0.401 e. The first kappa shape index (κ1) is 4.98. The zero-order valence-electron chi connectivity index (χ0n) is 3.18. The van der Waals surface area contributed by atoms with Crippen molar-refractivity contribution in [3.8, 4) is 0 Å². The monoisotopic (exact) mass is 72.1 g/mol. The third-order valence-corrected chi connectivity index (χ3v) is 0.279. The van der Waals surface area contributed by atoms with Crippen molar-refractivity contribution in [2.75, 3.05) is 0 Å². The van der Waals surface area contributed by atoms with Crippen LogP contribution in [0.3, 0.4) is 0 Å². The third-order valence-electron chi connectivity index (χ3n) is 0.279. The van der Waals surface area contributed by atoms with Crippen LogP contribution in [0.1, 0.15) is 6.92 Å². The largest absolute Gasteiger partial charge is 0.401 e. The van der Waals surface area contributed by atoms with Gasteiger partial charge in [0.1, 0.15) is 0 Å². The smallest absolute Gasteiger partial charge is 0.237 e. The van der Waals surface area contributed by atoms with Crippen molar-refractivity contribution in [3.63, 3.8) is 0 Å². The number of hydrogen-bond donors (Lipinski definition) is 2. The van der Waals surface area contributed by atoms with Gasteiger partial charge in [-0.1, -0.05) is 0 Å². The molecule has 0 aliphatic heterocycles. The quantitative estimate of drug-likeness (QED) is 0.386. The van der Waals surface area contributed by atoms with Crippen LogP contribution in [-0.2, 0) is 0 Å². The van der Waals surface area contributed by atoms with Gasteiger partial charge in [-0.3, -0.25) is 0 Å². The Hall–Kier alpha value is -0.0151. The molecule has 0 aromatic rings. The summed E-state index contributed by atoms with van der Waals surface area (Å²) in [5.41, 5.74) is 4.80. The molecule has 0 amide bonds. The van der Waals surface area contributed by atoms with E-state index in [0.29, 0.717) is 0 Å². The topological polar surface area (TPSA) is 46.2 Å². The molecule has 3 heteroatoms. The fourth-order valence-corrected chi connectivity index (χ4v) is 0. The SMILES string of the molecule is CC(O)[B]N. The van der Waals surface area contributed by atoms with Crippen LogP contribution in [-0.4, -0.2) is 18.5 Å². The zero-order valence-corrected chi connectivity index (χ0v) is 3.18. The lowest BCUT2D eigenvalue weighted by atomic mass is 9.89. The number of hydrogen-bond acceptors (Lipinski definition) is 2. The summed E-state index contributed by atoms with van der Waals surface area (Å²) < 4.78 is 0. The molecule has 0 spiro atoms. The highest BCUT2D eigenvalue weighted by Crippen LogP contribution is 1.62. The molecule has 0 bridgehead atoms. The molecule has 0 saturated carbocycles. The number of nitrogens with two attached hydrogens (primary N) is 1. The maximum absolute atomic E-state index is 8.18. The van der Waals surface area contributed by atoms with Crippen LogP contribution in [0.25, 0.3) is 0 Å². The summed E-state index contributed by atoms with van der Waals surface area (Å²) in [5.74, 6) is 0. The van der Waals surface area contributed by atoms with Crippen LogP contribution in [0.15, 0.2) is 0 Å². The van der Waals surface area contributed by atoms with Crippen LogP contribution in [0.5, 0.6) is 0 Å². The number of rotatable bonds is 1. The average Bonchev–Trinajstić information content (AvgIpc) is 1.38. The molecule has 2 nitrogen and oxygen atoms in total. The first-order valence-corrected chi connectivity index (χ1v) is 1.50. The van der Waals surface area contributed by atoms with Crippen LogP contribution in [0.2, 0.25) is 0 Å². The predicted molar refractivity (Wildman–Crippen MR) is 21.6 cm³/mol. The molecule has 0 aromatic heterocycles. The predicted octanol–water partition coefficient (Wildman–Crippen LogP) is -1.10. The average molecular weight is 71.9 g/mol. The maximum atomic E-state index is 8.18. The van der Waals surface area contributed by atoms with Crippen LogP contribution >= 0.6 is 0 Å². The molecule has 1 atom stereocenters. The summed E-state index contributed by atoms with van der Waals surface area (Å²) >= 11 is 0. The van der Waals surface area contributed by atoms with Gasteiger partial charge in [-0.15, -0.1) is 0 Å². The summed E-state index contributed by atoms with van der Waals surface area (Å²) in [4.78, 5) is 0. The van der Waals surface area contributed by atoms with Gasteiger partial charge in [0, 0.05) is 6.00 Å². The van der Waals surface area contributed by atoms with Crippen molar-refractivity contribution in [2.24, 2.45) is 5.64 Å². The fraction of sp³-hybridized carbons (Fsp3) is 1.00. The van der Waals surface area contributed by atoms with Crippen molar-refractivity contribution >= 4 is 7.41 Å². The number of aliphatic hydroxyl groups is 1. The standard InChI is InChI=1S/C2H7BNO/c1-2(5)3-4/h2,5H,4H2,1H3. The molecule has 1 unspecified atom stereocenters. The van der Waals surface area contributed by atoms with E-state index < -0.39 is 6.00 Å². The fourth-order valence-electron chi connectivity index (χ4n) is 0. The highest BCUT2D eigenvalue weighted by atomic mass is 16.3. The van der Waals surface area contributed by atoms with Crippen molar-refractivity contribution in [1.29, 1.82) is 0 Å². The van der Waals surface area contributed by atoms with Gasteiger partial charge in [0.25, 0.3) is 0 Å². The molecule has 0 fully saturated rings. The molecule has 0 aromatic carbocycles. The molecule has 0 saturated heterocycles.